The third-order valence-electron chi connectivity index (χ3n) is 3.45. The molecular formula is C11H15ClN2O4S2. The van der Waals surface area contributed by atoms with Crippen molar-refractivity contribution in [2.24, 2.45) is 0 Å². The third-order valence-corrected chi connectivity index (χ3v) is 6.90. The molecule has 0 bridgehead atoms. The van der Waals surface area contributed by atoms with Gasteiger partial charge >= 0.3 is 0 Å². The first kappa shape index (κ1) is 15.7. The van der Waals surface area contributed by atoms with E-state index >= 15 is 0 Å². The highest BCUT2D eigenvalue weighted by Crippen LogP contribution is 2.37. The average Bonchev–Trinajstić information content (AvgIpc) is 2.72. The minimum Gasteiger partial charge on any atom is -0.258 e. The van der Waals surface area contributed by atoms with Gasteiger partial charge in [0.1, 0.15) is 4.21 Å². The Morgan fingerprint density at radius 1 is 1.40 bits per heavy atom. The Bertz CT molecular complexity index is 620. The van der Waals surface area contributed by atoms with Gasteiger partial charge in [0.25, 0.3) is 15.7 Å². The zero-order valence-corrected chi connectivity index (χ0v) is 13.3. The van der Waals surface area contributed by atoms with Gasteiger partial charge in [0.2, 0.25) is 0 Å². The number of thiophene rings is 1. The van der Waals surface area contributed by atoms with E-state index in [9.17, 15) is 18.5 Å². The van der Waals surface area contributed by atoms with Gasteiger partial charge in [-0.3, -0.25) is 10.1 Å². The lowest BCUT2D eigenvalue weighted by Crippen LogP contribution is -2.46. The van der Waals surface area contributed by atoms with Gasteiger partial charge < -0.3 is 0 Å². The quantitative estimate of drug-likeness (QED) is 0.673. The van der Waals surface area contributed by atoms with Crippen LogP contribution in [-0.4, -0.2) is 18.9 Å². The fraction of sp³-hybridized carbons (Fsp3) is 0.636. The first-order valence-corrected chi connectivity index (χ1v) is 8.89. The summed E-state index contributed by atoms with van der Waals surface area (Å²) in [6, 6.07) is 1.02. The topological polar surface area (TPSA) is 89.3 Å². The van der Waals surface area contributed by atoms with E-state index in [1.54, 1.807) is 0 Å². The second-order valence-electron chi connectivity index (χ2n) is 5.21. The van der Waals surface area contributed by atoms with Crippen LogP contribution in [0.4, 0.5) is 5.69 Å². The molecule has 0 aromatic carbocycles. The summed E-state index contributed by atoms with van der Waals surface area (Å²) < 4.78 is 27.1. The molecule has 9 heteroatoms. The van der Waals surface area contributed by atoms with Crippen molar-refractivity contribution in [3.05, 3.63) is 20.5 Å². The molecule has 1 saturated carbocycles. The molecule has 112 valence electrons. The summed E-state index contributed by atoms with van der Waals surface area (Å²) in [5.74, 6) is 0. The zero-order valence-electron chi connectivity index (χ0n) is 10.9. The fourth-order valence-electron chi connectivity index (χ4n) is 2.40. The van der Waals surface area contributed by atoms with Gasteiger partial charge in [-0.05, 0) is 19.8 Å². The van der Waals surface area contributed by atoms with Crippen molar-refractivity contribution in [2.45, 2.75) is 48.8 Å². The first-order valence-electron chi connectivity index (χ1n) is 6.21. The van der Waals surface area contributed by atoms with Crippen molar-refractivity contribution in [1.82, 2.24) is 4.72 Å². The molecule has 1 aliphatic carbocycles. The summed E-state index contributed by atoms with van der Waals surface area (Å²) in [7, 11) is -3.77. The molecule has 1 aliphatic rings. The highest BCUT2D eigenvalue weighted by Gasteiger charge is 2.34. The Labute approximate surface area is 126 Å². The summed E-state index contributed by atoms with van der Waals surface area (Å²) in [5, 5.41) is 10.7. The van der Waals surface area contributed by atoms with Crippen LogP contribution in [0.15, 0.2) is 10.3 Å². The van der Waals surface area contributed by atoms with Crippen molar-refractivity contribution >= 4 is 38.6 Å². The second-order valence-corrected chi connectivity index (χ2v) is 8.77. The molecule has 0 aliphatic heterocycles. The largest absolute Gasteiger partial charge is 0.300 e. The molecule has 1 fully saturated rings. The predicted molar refractivity (Wildman–Crippen MR) is 77.8 cm³/mol. The molecule has 0 amide bonds. The Hall–Kier alpha value is -0.700. The first-order chi connectivity index (χ1) is 9.23. The highest BCUT2D eigenvalue weighted by molar-refractivity contribution is 7.91. The molecule has 0 atom stereocenters. The van der Waals surface area contributed by atoms with Gasteiger partial charge in [-0.2, -0.15) is 0 Å². The lowest BCUT2D eigenvalue weighted by molar-refractivity contribution is -0.384. The van der Waals surface area contributed by atoms with Crippen LogP contribution in [-0.2, 0) is 10.0 Å². The van der Waals surface area contributed by atoms with E-state index in [0.717, 1.165) is 38.2 Å². The fourth-order valence-corrected chi connectivity index (χ4v) is 5.53. The molecular weight excluding hydrogens is 324 g/mol. The number of hydrogen-bond acceptors (Lipinski definition) is 5. The third kappa shape index (κ3) is 3.30. The summed E-state index contributed by atoms with van der Waals surface area (Å²) in [6.45, 7) is 1.87. The molecule has 20 heavy (non-hydrogen) atoms. The number of hydrogen-bond donors (Lipinski definition) is 1. The van der Waals surface area contributed by atoms with Crippen LogP contribution in [0.25, 0.3) is 0 Å². The van der Waals surface area contributed by atoms with Gasteiger partial charge in [-0.25, -0.2) is 13.1 Å². The second kappa shape index (κ2) is 5.59. The van der Waals surface area contributed by atoms with E-state index in [1.807, 2.05) is 6.92 Å². The van der Waals surface area contributed by atoms with Crippen molar-refractivity contribution in [1.29, 1.82) is 0 Å². The lowest BCUT2D eigenvalue weighted by Gasteiger charge is -2.33. The molecule has 1 aromatic rings. The molecule has 0 saturated heterocycles. The maximum atomic E-state index is 12.3. The van der Waals surface area contributed by atoms with Crippen LogP contribution in [0.1, 0.15) is 39.0 Å². The minimum atomic E-state index is -3.77. The highest BCUT2D eigenvalue weighted by atomic mass is 35.5. The van der Waals surface area contributed by atoms with Crippen LogP contribution < -0.4 is 4.72 Å². The molecule has 0 unspecified atom stereocenters. The summed E-state index contributed by atoms with van der Waals surface area (Å²) in [5.41, 5.74) is -0.853. The van der Waals surface area contributed by atoms with Crippen molar-refractivity contribution in [3.63, 3.8) is 0 Å². The Morgan fingerprint density at radius 2 is 2.00 bits per heavy atom. The summed E-state index contributed by atoms with van der Waals surface area (Å²) in [6.07, 6.45) is 4.60. The number of rotatable bonds is 4. The Morgan fingerprint density at radius 3 is 2.50 bits per heavy atom. The van der Waals surface area contributed by atoms with Gasteiger partial charge in [-0.15, -0.1) is 11.3 Å². The number of nitrogens with one attached hydrogen (secondary N) is 1. The van der Waals surface area contributed by atoms with Crippen LogP contribution in [0.2, 0.25) is 4.34 Å². The molecule has 6 nitrogen and oxygen atoms in total. The zero-order chi connectivity index (χ0) is 15.0. The maximum Gasteiger partial charge on any atom is 0.300 e. The van der Waals surface area contributed by atoms with Crippen LogP contribution >= 0.6 is 22.9 Å². The molecule has 1 heterocycles. The Balaban J connectivity index is 2.26. The SMILES string of the molecule is CC1(NS(=O)(=O)c2cc([N+](=O)[O-])c(Cl)s2)CCCCC1. The van der Waals surface area contributed by atoms with E-state index < -0.39 is 20.5 Å². The van der Waals surface area contributed by atoms with E-state index in [0.29, 0.717) is 11.3 Å². The standard InChI is InChI=1S/C11H15ClN2O4S2/c1-11(5-3-2-4-6-11)13-20(17,18)9-7-8(14(15)16)10(12)19-9/h7,13H,2-6H2,1H3. The van der Waals surface area contributed by atoms with E-state index in [1.165, 1.54) is 0 Å². The smallest absolute Gasteiger partial charge is 0.258 e. The number of nitrogens with zero attached hydrogens (tertiary/aromatic N) is 1. The lowest BCUT2D eigenvalue weighted by atomic mass is 9.84. The molecule has 2 rings (SSSR count). The van der Waals surface area contributed by atoms with Gasteiger partial charge in [-0.1, -0.05) is 30.9 Å². The van der Waals surface area contributed by atoms with Crippen molar-refractivity contribution < 1.29 is 13.3 Å². The predicted octanol–water partition coefficient (Wildman–Crippen LogP) is 3.31. The molecule has 0 radical (unpaired) electrons. The number of halogens is 1. The van der Waals surface area contributed by atoms with E-state index in [4.69, 9.17) is 11.6 Å². The monoisotopic (exact) mass is 338 g/mol. The molecule has 1 aromatic heterocycles. The average molecular weight is 339 g/mol. The maximum absolute atomic E-state index is 12.3. The van der Waals surface area contributed by atoms with Gasteiger partial charge in [0, 0.05) is 11.6 Å². The number of sulfonamides is 1. The number of nitro groups is 1. The van der Waals surface area contributed by atoms with Gasteiger partial charge in [0.05, 0.1) is 4.92 Å². The van der Waals surface area contributed by atoms with Crippen molar-refractivity contribution in [2.75, 3.05) is 0 Å². The van der Waals surface area contributed by atoms with Crippen LogP contribution in [0, 0.1) is 10.1 Å². The van der Waals surface area contributed by atoms with Crippen LogP contribution in [0.5, 0.6) is 0 Å². The van der Waals surface area contributed by atoms with E-state index in [2.05, 4.69) is 4.72 Å². The molecule has 1 N–H and O–H groups in total. The van der Waals surface area contributed by atoms with Gasteiger partial charge in [0.15, 0.2) is 4.34 Å². The van der Waals surface area contributed by atoms with Crippen molar-refractivity contribution in [3.8, 4) is 0 Å². The summed E-state index contributed by atoms with van der Waals surface area (Å²) >= 11 is 6.42. The normalized spacial score (nSPS) is 18.9. The van der Waals surface area contributed by atoms with E-state index in [-0.39, 0.29) is 14.2 Å². The minimum absolute atomic E-state index is 0.110. The summed E-state index contributed by atoms with van der Waals surface area (Å²) in [4.78, 5) is 10.0. The Kier molecular flexibility index (Phi) is 4.38. The molecule has 0 spiro atoms. The van der Waals surface area contributed by atoms with Crippen LogP contribution in [0.3, 0.4) is 0 Å².